The molecule has 0 spiro atoms. The van der Waals surface area contributed by atoms with Crippen molar-refractivity contribution in [3.8, 4) is 0 Å². The monoisotopic (exact) mass is 264 g/mol. The number of hydrogen-bond acceptors (Lipinski definition) is 5. The van der Waals surface area contributed by atoms with Crippen LogP contribution in [0.1, 0.15) is 6.42 Å². The third-order valence-electron chi connectivity index (χ3n) is 1.67. The van der Waals surface area contributed by atoms with Gasteiger partial charge in [0.2, 0.25) is 0 Å². The van der Waals surface area contributed by atoms with Gasteiger partial charge >= 0.3 is 11.9 Å². The predicted octanol–water partition coefficient (Wildman–Crippen LogP) is 0.211. The van der Waals surface area contributed by atoms with E-state index >= 15 is 0 Å². The zero-order valence-corrected chi connectivity index (χ0v) is 10.1. The molecule has 17 heavy (non-hydrogen) atoms. The molecule has 0 rings (SSSR count). The molecule has 2 atom stereocenters. The first-order valence-corrected chi connectivity index (χ1v) is 5.95. The average molecular weight is 264 g/mol. The van der Waals surface area contributed by atoms with Gasteiger partial charge in [0, 0.05) is 5.75 Å². The van der Waals surface area contributed by atoms with Crippen LogP contribution in [-0.2, 0) is 14.3 Å². The molecule has 0 aliphatic heterocycles. The van der Waals surface area contributed by atoms with Gasteiger partial charge in [0.15, 0.2) is 0 Å². The van der Waals surface area contributed by atoms with Gasteiger partial charge in [0.25, 0.3) is 0 Å². The maximum absolute atomic E-state index is 10.7. The standard InChI is InChI=1S/C10H16O6S/c1-2-3-16-5-7(11)6-17-8(10(14)15)4-9(12)13/h2,7-8,11H,1,3-6H2,(H,12,13)(H,14,15). The molecule has 0 aromatic heterocycles. The summed E-state index contributed by atoms with van der Waals surface area (Å²) < 4.78 is 4.97. The predicted molar refractivity (Wildman–Crippen MR) is 63.2 cm³/mol. The normalized spacial score (nSPS) is 13.9. The minimum Gasteiger partial charge on any atom is -0.481 e. The molecule has 0 aromatic rings. The van der Waals surface area contributed by atoms with Crippen LogP contribution in [0.25, 0.3) is 0 Å². The third-order valence-corrected chi connectivity index (χ3v) is 3.02. The first-order chi connectivity index (χ1) is 7.97. The van der Waals surface area contributed by atoms with Gasteiger partial charge in [0.1, 0.15) is 5.25 Å². The summed E-state index contributed by atoms with van der Waals surface area (Å²) in [5, 5.41) is 25.6. The van der Waals surface area contributed by atoms with Crippen molar-refractivity contribution in [2.75, 3.05) is 19.0 Å². The highest BCUT2D eigenvalue weighted by Gasteiger charge is 2.22. The average Bonchev–Trinajstić information content (AvgIpc) is 2.23. The van der Waals surface area contributed by atoms with Crippen LogP contribution < -0.4 is 0 Å². The van der Waals surface area contributed by atoms with Crippen LogP contribution in [0.4, 0.5) is 0 Å². The molecule has 0 radical (unpaired) electrons. The van der Waals surface area contributed by atoms with Gasteiger partial charge in [-0.15, -0.1) is 18.3 Å². The second kappa shape index (κ2) is 9.03. The van der Waals surface area contributed by atoms with Gasteiger partial charge in [-0.05, 0) is 0 Å². The van der Waals surface area contributed by atoms with Crippen LogP contribution >= 0.6 is 11.8 Å². The van der Waals surface area contributed by atoms with Gasteiger partial charge in [-0.25, -0.2) is 0 Å². The summed E-state index contributed by atoms with van der Waals surface area (Å²) in [6.45, 7) is 3.81. The lowest BCUT2D eigenvalue weighted by molar-refractivity contribution is -0.142. The van der Waals surface area contributed by atoms with E-state index in [1.54, 1.807) is 0 Å². The second-order valence-electron chi connectivity index (χ2n) is 3.24. The van der Waals surface area contributed by atoms with Gasteiger partial charge < -0.3 is 20.1 Å². The number of rotatable bonds is 10. The second-order valence-corrected chi connectivity index (χ2v) is 4.47. The number of aliphatic hydroxyl groups is 1. The van der Waals surface area contributed by atoms with E-state index in [9.17, 15) is 14.7 Å². The Hall–Kier alpha value is -1.05. The van der Waals surface area contributed by atoms with Crippen LogP contribution in [0.2, 0.25) is 0 Å². The minimum absolute atomic E-state index is 0.0679. The van der Waals surface area contributed by atoms with Crippen LogP contribution in [0.3, 0.4) is 0 Å². The Kier molecular flexibility index (Phi) is 8.47. The lowest BCUT2D eigenvalue weighted by atomic mass is 10.3. The van der Waals surface area contributed by atoms with Gasteiger partial charge in [-0.1, -0.05) is 6.08 Å². The summed E-state index contributed by atoms with van der Waals surface area (Å²) in [6.07, 6.45) is 0.237. The topological polar surface area (TPSA) is 104 Å². The molecular weight excluding hydrogens is 248 g/mol. The summed E-state index contributed by atoms with van der Waals surface area (Å²) >= 11 is 0.888. The molecule has 98 valence electrons. The van der Waals surface area contributed by atoms with Crippen molar-refractivity contribution in [2.45, 2.75) is 17.8 Å². The Morgan fingerprint density at radius 3 is 2.53 bits per heavy atom. The molecule has 2 unspecified atom stereocenters. The van der Waals surface area contributed by atoms with E-state index in [-0.39, 0.29) is 12.4 Å². The molecule has 0 saturated heterocycles. The lowest BCUT2D eigenvalue weighted by Gasteiger charge is -2.13. The molecule has 0 amide bonds. The van der Waals surface area contributed by atoms with Crippen molar-refractivity contribution in [1.82, 2.24) is 0 Å². The number of carboxylic acids is 2. The lowest BCUT2D eigenvalue weighted by Crippen LogP contribution is -2.25. The fraction of sp³-hybridized carbons (Fsp3) is 0.600. The van der Waals surface area contributed by atoms with E-state index in [1.807, 2.05) is 0 Å². The molecule has 0 fully saturated rings. The summed E-state index contributed by atoms with van der Waals surface area (Å²) in [7, 11) is 0. The quantitative estimate of drug-likeness (QED) is 0.383. The first kappa shape index (κ1) is 16.0. The smallest absolute Gasteiger partial charge is 0.317 e. The number of carbonyl (C=O) groups is 2. The summed E-state index contributed by atoms with van der Waals surface area (Å²) in [5.41, 5.74) is 0. The molecule has 0 aliphatic rings. The van der Waals surface area contributed by atoms with Crippen LogP contribution in [0, 0.1) is 0 Å². The maximum atomic E-state index is 10.7. The number of aliphatic hydroxyl groups excluding tert-OH is 1. The number of aliphatic carboxylic acids is 2. The summed E-state index contributed by atoms with van der Waals surface area (Å²) in [5.74, 6) is -2.26. The molecule has 3 N–H and O–H groups in total. The molecule has 0 aliphatic carbocycles. The Morgan fingerprint density at radius 1 is 1.41 bits per heavy atom. The van der Waals surface area contributed by atoms with E-state index < -0.39 is 29.7 Å². The number of carboxylic acid groups (broad SMARTS) is 2. The first-order valence-electron chi connectivity index (χ1n) is 4.90. The minimum atomic E-state index is -1.20. The molecule has 0 bridgehead atoms. The third kappa shape index (κ3) is 8.73. The van der Waals surface area contributed by atoms with Gasteiger partial charge in [-0.2, -0.15) is 0 Å². The Bertz CT molecular complexity index is 268. The van der Waals surface area contributed by atoms with E-state index in [0.717, 1.165) is 11.8 Å². The molecule has 0 aromatic carbocycles. The van der Waals surface area contributed by atoms with Gasteiger partial charge in [-0.3, -0.25) is 9.59 Å². The Balaban J connectivity index is 3.90. The highest BCUT2D eigenvalue weighted by atomic mass is 32.2. The Labute approximate surface area is 103 Å². The van der Waals surface area contributed by atoms with Gasteiger partial charge in [0.05, 0.1) is 25.7 Å². The van der Waals surface area contributed by atoms with Crippen LogP contribution in [-0.4, -0.2) is 57.6 Å². The molecule has 6 nitrogen and oxygen atoms in total. The molecule has 0 heterocycles. The molecule has 7 heteroatoms. The number of hydrogen-bond donors (Lipinski definition) is 3. The molecule has 0 saturated carbocycles. The van der Waals surface area contributed by atoms with Crippen molar-refractivity contribution in [3.05, 3.63) is 12.7 Å². The molecular formula is C10H16O6S. The Morgan fingerprint density at radius 2 is 2.06 bits per heavy atom. The van der Waals surface area contributed by atoms with Crippen molar-refractivity contribution in [2.24, 2.45) is 0 Å². The zero-order chi connectivity index (χ0) is 13.3. The highest BCUT2D eigenvalue weighted by molar-refractivity contribution is 8.00. The van der Waals surface area contributed by atoms with E-state index in [1.165, 1.54) is 6.08 Å². The van der Waals surface area contributed by atoms with Crippen LogP contribution in [0.5, 0.6) is 0 Å². The van der Waals surface area contributed by atoms with E-state index in [2.05, 4.69) is 6.58 Å². The summed E-state index contributed by atoms with van der Waals surface area (Å²) in [4.78, 5) is 21.1. The maximum Gasteiger partial charge on any atom is 0.317 e. The SMILES string of the molecule is C=CCOCC(O)CSC(CC(=O)O)C(=O)O. The number of thioether (sulfide) groups is 1. The van der Waals surface area contributed by atoms with Crippen molar-refractivity contribution < 1.29 is 29.6 Å². The van der Waals surface area contributed by atoms with Crippen molar-refractivity contribution in [1.29, 1.82) is 0 Å². The van der Waals surface area contributed by atoms with Crippen molar-refractivity contribution in [3.63, 3.8) is 0 Å². The largest absolute Gasteiger partial charge is 0.481 e. The summed E-state index contributed by atoms with van der Waals surface area (Å²) in [6, 6.07) is 0. The number of ether oxygens (including phenoxy) is 1. The fourth-order valence-corrected chi connectivity index (χ4v) is 1.89. The van der Waals surface area contributed by atoms with Crippen LogP contribution in [0.15, 0.2) is 12.7 Å². The zero-order valence-electron chi connectivity index (χ0n) is 9.24. The van der Waals surface area contributed by atoms with E-state index in [4.69, 9.17) is 14.9 Å². The van der Waals surface area contributed by atoms with E-state index in [0.29, 0.717) is 6.61 Å². The van der Waals surface area contributed by atoms with Crippen molar-refractivity contribution >= 4 is 23.7 Å². The fourth-order valence-electron chi connectivity index (χ4n) is 0.939. The highest BCUT2D eigenvalue weighted by Crippen LogP contribution is 2.16.